The van der Waals surface area contributed by atoms with Crippen LogP contribution in [-0.4, -0.2) is 18.8 Å². The Morgan fingerprint density at radius 2 is 1.92 bits per heavy atom. The number of nitrogens with one attached hydrogen (secondary N) is 1. The minimum Gasteiger partial charge on any atom is -0.375 e. The molecule has 0 radical (unpaired) electrons. The van der Waals surface area contributed by atoms with Gasteiger partial charge in [0.15, 0.2) is 0 Å². The van der Waals surface area contributed by atoms with E-state index >= 15 is 0 Å². The predicted molar refractivity (Wildman–Crippen MR) is 108 cm³/mol. The lowest BCUT2D eigenvalue weighted by atomic mass is 9.67. The largest absolute Gasteiger partial charge is 0.375 e. The third-order valence-electron chi connectivity index (χ3n) is 5.91. The topological polar surface area (TPSA) is 21.3 Å². The van der Waals surface area contributed by atoms with Gasteiger partial charge in [-0.2, -0.15) is 0 Å². The number of halogens is 1. The maximum Gasteiger partial charge on any atom is 0.0657 e. The van der Waals surface area contributed by atoms with Crippen LogP contribution in [0.5, 0.6) is 0 Å². The van der Waals surface area contributed by atoms with Gasteiger partial charge in [-0.3, -0.25) is 0 Å². The smallest absolute Gasteiger partial charge is 0.0657 e. The van der Waals surface area contributed by atoms with Crippen molar-refractivity contribution in [2.75, 3.05) is 13.2 Å². The summed E-state index contributed by atoms with van der Waals surface area (Å²) in [7, 11) is 0. The monoisotopic (exact) mass is 365 g/mol. The summed E-state index contributed by atoms with van der Waals surface area (Å²) in [6, 6.07) is 8.14. The van der Waals surface area contributed by atoms with E-state index in [0.717, 1.165) is 37.1 Å². The van der Waals surface area contributed by atoms with Crippen LogP contribution in [0.3, 0.4) is 0 Å². The average Bonchev–Trinajstić information content (AvgIpc) is 2.59. The van der Waals surface area contributed by atoms with Crippen LogP contribution >= 0.6 is 11.6 Å². The normalized spacial score (nSPS) is 27.0. The van der Waals surface area contributed by atoms with Crippen molar-refractivity contribution in [2.45, 2.75) is 78.4 Å². The summed E-state index contributed by atoms with van der Waals surface area (Å²) in [6.45, 7) is 12.1. The van der Waals surface area contributed by atoms with E-state index in [0.29, 0.717) is 5.41 Å². The molecule has 1 saturated heterocycles. The number of benzene rings is 1. The lowest BCUT2D eigenvalue weighted by molar-refractivity contribution is -0.122. The second-order valence-corrected chi connectivity index (χ2v) is 9.00. The zero-order chi connectivity index (χ0) is 18.3. The van der Waals surface area contributed by atoms with Crippen molar-refractivity contribution in [3.63, 3.8) is 0 Å². The zero-order valence-corrected chi connectivity index (χ0v) is 17.3. The molecular formula is C22H36ClNO. The minimum atomic E-state index is 0.0609. The molecule has 0 spiro atoms. The first-order valence-electron chi connectivity index (χ1n) is 9.96. The van der Waals surface area contributed by atoms with Gasteiger partial charge in [0.2, 0.25) is 0 Å². The molecule has 0 amide bonds. The van der Waals surface area contributed by atoms with Crippen LogP contribution < -0.4 is 5.32 Å². The Labute approximate surface area is 159 Å². The fourth-order valence-corrected chi connectivity index (χ4v) is 4.13. The second kappa shape index (κ2) is 9.39. The van der Waals surface area contributed by atoms with Crippen molar-refractivity contribution < 1.29 is 4.74 Å². The minimum absolute atomic E-state index is 0.0609. The summed E-state index contributed by atoms with van der Waals surface area (Å²) in [6.07, 6.45) is 7.40. The van der Waals surface area contributed by atoms with Gasteiger partial charge in [0, 0.05) is 18.2 Å². The number of hydrogen-bond donors (Lipinski definition) is 1. The molecule has 1 aromatic rings. The van der Waals surface area contributed by atoms with Gasteiger partial charge in [0.05, 0.1) is 5.60 Å². The van der Waals surface area contributed by atoms with Gasteiger partial charge in [-0.05, 0) is 74.6 Å². The standard InChI is InChI=1S/C22H36ClNO/c1-5-21(4)17-22(13-15-25-21,11-10-18(2)3)12-14-24-16-19-6-8-20(23)9-7-19/h6-9,18,24H,5,10-17H2,1-4H3/t21-,22+/m0/s1. The molecule has 2 nitrogen and oxygen atoms in total. The highest BCUT2D eigenvalue weighted by atomic mass is 35.5. The molecule has 0 aromatic heterocycles. The van der Waals surface area contributed by atoms with E-state index in [1.54, 1.807) is 0 Å². The highest BCUT2D eigenvalue weighted by Gasteiger charge is 2.41. The average molecular weight is 366 g/mol. The molecular weight excluding hydrogens is 330 g/mol. The molecule has 3 heteroatoms. The maximum atomic E-state index is 6.13. The highest BCUT2D eigenvalue weighted by Crippen LogP contribution is 2.46. The van der Waals surface area contributed by atoms with Crippen molar-refractivity contribution in [3.05, 3.63) is 34.9 Å². The Kier molecular flexibility index (Phi) is 7.79. The van der Waals surface area contributed by atoms with E-state index in [4.69, 9.17) is 16.3 Å². The Bertz CT molecular complexity index is 515. The van der Waals surface area contributed by atoms with Crippen molar-refractivity contribution in [2.24, 2.45) is 11.3 Å². The van der Waals surface area contributed by atoms with E-state index in [9.17, 15) is 0 Å². The Morgan fingerprint density at radius 1 is 1.20 bits per heavy atom. The van der Waals surface area contributed by atoms with Crippen molar-refractivity contribution in [1.82, 2.24) is 5.32 Å². The summed E-state index contributed by atoms with van der Waals surface area (Å²) in [4.78, 5) is 0. The Balaban J connectivity index is 1.90. The lowest BCUT2D eigenvalue weighted by Gasteiger charge is -2.47. The number of rotatable bonds is 9. The van der Waals surface area contributed by atoms with Crippen LogP contribution in [0, 0.1) is 11.3 Å². The van der Waals surface area contributed by atoms with Gasteiger partial charge in [-0.15, -0.1) is 0 Å². The second-order valence-electron chi connectivity index (χ2n) is 8.56. The number of ether oxygens (including phenoxy) is 1. The molecule has 0 aliphatic carbocycles. The van der Waals surface area contributed by atoms with Crippen LogP contribution in [0.25, 0.3) is 0 Å². The van der Waals surface area contributed by atoms with E-state index in [1.165, 1.54) is 37.7 Å². The molecule has 1 N–H and O–H groups in total. The van der Waals surface area contributed by atoms with Gasteiger partial charge < -0.3 is 10.1 Å². The number of hydrogen-bond acceptors (Lipinski definition) is 2. The van der Waals surface area contributed by atoms with Crippen LogP contribution in [-0.2, 0) is 11.3 Å². The molecule has 1 aliphatic heterocycles. The molecule has 25 heavy (non-hydrogen) atoms. The highest BCUT2D eigenvalue weighted by molar-refractivity contribution is 6.30. The molecule has 2 atom stereocenters. The lowest BCUT2D eigenvalue weighted by Crippen LogP contribution is -2.44. The summed E-state index contributed by atoms with van der Waals surface area (Å²) in [5, 5.41) is 4.45. The molecule has 0 bridgehead atoms. The van der Waals surface area contributed by atoms with Gasteiger partial charge in [0.1, 0.15) is 0 Å². The van der Waals surface area contributed by atoms with Gasteiger partial charge >= 0.3 is 0 Å². The van der Waals surface area contributed by atoms with Crippen molar-refractivity contribution in [1.29, 1.82) is 0 Å². The van der Waals surface area contributed by atoms with Crippen molar-refractivity contribution >= 4 is 11.6 Å². The van der Waals surface area contributed by atoms with Crippen LogP contribution in [0.4, 0.5) is 0 Å². The summed E-state index contributed by atoms with van der Waals surface area (Å²) in [5.41, 5.74) is 1.79. The van der Waals surface area contributed by atoms with Crippen LogP contribution in [0.15, 0.2) is 24.3 Å². The van der Waals surface area contributed by atoms with Gasteiger partial charge in [0.25, 0.3) is 0 Å². The summed E-state index contributed by atoms with van der Waals surface area (Å²) >= 11 is 5.96. The zero-order valence-electron chi connectivity index (χ0n) is 16.5. The molecule has 1 aromatic carbocycles. The van der Waals surface area contributed by atoms with Crippen LogP contribution in [0.2, 0.25) is 5.02 Å². The Hall–Kier alpha value is -0.570. The predicted octanol–water partition coefficient (Wildman–Crippen LogP) is 6.22. The third kappa shape index (κ3) is 6.58. The first-order chi connectivity index (χ1) is 11.9. The fourth-order valence-electron chi connectivity index (χ4n) is 4.01. The molecule has 1 aliphatic rings. The van der Waals surface area contributed by atoms with Crippen LogP contribution in [0.1, 0.15) is 71.8 Å². The third-order valence-corrected chi connectivity index (χ3v) is 6.16. The van der Waals surface area contributed by atoms with Crippen molar-refractivity contribution in [3.8, 4) is 0 Å². The van der Waals surface area contributed by atoms with E-state index in [-0.39, 0.29) is 5.60 Å². The maximum absolute atomic E-state index is 6.13. The van der Waals surface area contributed by atoms with E-state index in [2.05, 4.69) is 45.1 Å². The molecule has 0 saturated carbocycles. The van der Waals surface area contributed by atoms with Gasteiger partial charge in [-0.1, -0.05) is 50.9 Å². The first kappa shape index (κ1) is 20.7. The van der Waals surface area contributed by atoms with Gasteiger partial charge in [-0.25, -0.2) is 0 Å². The molecule has 142 valence electrons. The quantitative estimate of drug-likeness (QED) is 0.524. The molecule has 1 heterocycles. The molecule has 1 fully saturated rings. The fraction of sp³-hybridized carbons (Fsp3) is 0.727. The molecule has 0 unspecified atom stereocenters. The van der Waals surface area contributed by atoms with E-state index < -0.39 is 0 Å². The Morgan fingerprint density at radius 3 is 2.56 bits per heavy atom. The van der Waals surface area contributed by atoms with E-state index in [1.807, 2.05) is 12.1 Å². The first-order valence-corrected chi connectivity index (χ1v) is 10.3. The SMILES string of the molecule is CC[C@@]1(C)C[C@@](CCNCc2ccc(Cl)cc2)(CCC(C)C)CCO1. The molecule has 2 rings (SSSR count). The summed E-state index contributed by atoms with van der Waals surface area (Å²) < 4.78 is 6.13. The summed E-state index contributed by atoms with van der Waals surface area (Å²) in [5.74, 6) is 0.773.